The monoisotopic (exact) mass is 267 g/mol. The maximum absolute atomic E-state index is 13.3. The minimum absolute atomic E-state index is 0.222. The Morgan fingerprint density at radius 1 is 1.47 bits per heavy atom. The molecule has 104 valence electrons. The first-order valence-corrected chi connectivity index (χ1v) is 6.24. The van der Waals surface area contributed by atoms with Gasteiger partial charge in [-0.3, -0.25) is 0 Å². The van der Waals surface area contributed by atoms with Crippen molar-refractivity contribution < 1.29 is 13.9 Å². The van der Waals surface area contributed by atoms with Gasteiger partial charge in [-0.2, -0.15) is 0 Å². The highest BCUT2D eigenvalue weighted by Gasteiger charge is 2.21. The van der Waals surface area contributed by atoms with Gasteiger partial charge in [-0.15, -0.1) is 0 Å². The summed E-state index contributed by atoms with van der Waals surface area (Å²) in [5, 5.41) is 3.32. The van der Waals surface area contributed by atoms with Gasteiger partial charge in [0.05, 0.1) is 7.11 Å². The molecule has 1 fully saturated rings. The highest BCUT2D eigenvalue weighted by Crippen LogP contribution is 2.23. The molecule has 0 atom stereocenters. The molecule has 6 heteroatoms. The number of urea groups is 1. The van der Waals surface area contributed by atoms with Crippen molar-refractivity contribution in [2.24, 2.45) is 5.73 Å². The summed E-state index contributed by atoms with van der Waals surface area (Å²) in [6.07, 6.45) is 1.64. The van der Waals surface area contributed by atoms with E-state index in [1.54, 1.807) is 17.0 Å². The van der Waals surface area contributed by atoms with E-state index in [1.807, 2.05) is 0 Å². The van der Waals surface area contributed by atoms with E-state index in [0.29, 0.717) is 13.1 Å². The number of rotatable bonds is 3. The van der Waals surface area contributed by atoms with Gasteiger partial charge >= 0.3 is 6.03 Å². The van der Waals surface area contributed by atoms with Gasteiger partial charge in [0.25, 0.3) is 0 Å². The first kappa shape index (κ1) is 13.5. The summed E-state index contributed by atoms with van der Waals surface area (Å²) in [5.41, 5.74) is 6.04. The zero-order chi connectivity index (χ0) is 13.8. The lowest BCUT2D eigenvalue weighted by Gasteiger charge is -2.31. The van der Waals surface area contributed by atoms with E-state index >= 15 is 0 Å². The van der Waals surface area contributed by atoms with Crippen LogP contribution in [0.1, 0.15) is 12.8 Å². The van der Waals surface area contributed by atoms with Crippen LogP contribution in [0.4, 0.5) is 14.9 Å². The van der Waals surface area contributed by atoms with Gasteiger partial charge in [0.15, 0.2) is 11.6 Å². The van der Waals surface area contributed by atoms with E-state index in [0.717, 1.165) is 18.5 Å². The highest BCUT2D eigenvalue weighted by atomic mass is 19.1. The van der Waals surface area contributed by atoms with Crippen molar-refractivity contribution in [3.8, 4) is 5.75 Å². The zero-order valence-electron chi connectivity index (χ0n) is 10.9. The third kappa shape index (κ3) is 3.27. The van der Waals surface area contributed by atoms with Crippen LogP contribution in [0.5, 0.6) is 5.75 Å². The van der Waals surface area contributed by atoms with Crippen LogP contribution in [0, 0.1) is 5.82 Å². The lowest BCUT2D eigenvalue weighted by molar-refractivity contribution is 0.193. The number of nitrogens with one attached hydrogen (secondary N) is 1. The number of likely N-dealkylation sites (tertiary alicyclic amines) is 1. The Kier molecular flexibility index (Phi) is 4.09. The van der Waals surface area contributed by atoms with E-state index in [4.69, 9.17) is 10.5 Å². The Morgan fingerprint density at radius 2 is 2.16 bits per heavy atom. The predicted octanol–water partition coefficient (Wildman–Crippen LogP) is 1.79. The molecule has 1 aliphatic heterocycles. The largest absolute Gasteiger partial charge is 0.494 e. The maximum Gasteiger partial charge on any atom is 0.314 e. The van der Waals surface area contributed by atoms with Crippen molar-refractivity contribution in [3.63, 3.8) is 0 Å². The molecule has 0 spiro atoms. The molecule has 1 aliphatic rings. The zero-order valence-corrected chi connectivity index (χ0v) is 10.9. The first-order valence-electron chi connectivity index (χ1n) is 6.24. The van der Waals surface area contributed by atoms with Gasteiger partial charge in [0, 0.05) is 30.9 Å². The number of hydrogen-bond acceptors (Lipinski definition) is 3. The third-order valence-electron chi connectivity index (χ3n) is 3.33. The summed E-state index contributed by atoms with van der Waals surface area (Å²) in [6, 6.07) is 4.57. The summed E-state index contributed by atoms with van der Waals surface area (Å²) in [6.45, 7) is 1.29. The number of anilines is 1. The van der Waals surface area contributed by atoms with Gasteiger partial charge < -0.3 is 20.7 Å². The average molecular weight is 267 g/mol. The van der Waals surface area contributed by atoms with E-state index in [1.165, 1.54) is 13.2 Å². The molecule has 19 heavy (non-hydrogen) atoms. The van der Waals surface area contributed by atoms with Gasteiger partial charge in [-0.1, -0.05) is 0 Å². The Morgan fingerprint density at radius 3 is 2.74 bits per heavy atom. The summed E-state index contributed by atoms with van der Waals surface area (Å²) >= 11 is 0. The maximum atomic E-state index is 13.3. The smallest absolute Gasteiger partial charge is 0.314 e. The Bertz CT molecular complexity index is 459. The second kappa shape index (κ2) is 5.77. The number of primary amides is 1. The van der Waals surface area contributed by atoms with Gasteiger partial charge in [0.2, 0.25) is 0 Å². The number of benzene rings is 1. The molecule has 0 aliphatic carbocycles. The number of methoxy groups -OCH3 is 1. The minimum Gasteiger partial charge on any atom is -0.494 e. The van der Waals surface area contributed by atoms with Gasteiger partial charge in [-0.25, -0.2) is 9.18 Å². The molecule has 3 N–H and O–H groups in total. The molecule has 0 bridgehead atoms. The fourth-order valence-electron chi connectivity index (χ4n) is 2.23. The minimum atomic E-state index is -0.378. The summed E-state index contributed by atoms with van der Waals surface area (Å²) in [4.78, 5) is 12.6. The molecule has 5 nitrogen and oxygen atoms in total. The number of ether oxygens (including phenoxy) is 1. The highest BCUT2D eigenvalue weighted by molar-refractivity contribution is 5.72. The Hall–Kier alpha value is -1.98. The average Bonchev–Trinajstić information content (AvgIpc) is 2.41. The fraction of sp³-hybridized carbons (Fsp3) is 0.462. The third-order valence-corrected chi connectivity index (χ3v) is 3.33. The van der Waals surface area contributed by atoms with E-state index in [-0.39, 0.29) is 23.6 Å². The van der Waals surface area contributed by atoms with Crippen LogP contribution in [-0.2, 0) is 0 Å². The van der Waals surface area contributed by atoms with Crippen molar-refractivity contribution in [1.29, 1.82) is 0 Å². The molecule has 0 unspecified atom stereocenters. The number of nitrogens with zero attached hydrogens (tertiary/aromatic N) is 1. The van der Waals surface area contributed by atoms with Crippen LogP contribution < -0.4 is 15.8 Å². The van der Waals surface area contributed by atoms with Crippen molar-refractivity contribution >= 4 is 11.7 Å². The van der Waals surface area contributed by atoms with Crippen LogP contribution in [0.25, 0.3) is 0 Å². The summed E-state index contributed by atoms with van der Waals surface area (Å²) in [5.74, 6) is -0.156. The molecular formula is C13H18FN3O2. The summed E-state index contributed by atoms with van der Waals surface area (Å²) in [7, 11) is 1.44. The number of carbonyl (C=O) groups excluding carboxylic acids is 1. The van der Waals surface area contributed by atoms with Crippen molar-refractivity contribution in [2.45, 2.75) is 18.9 Å². The second-order valence-electron chi connectivity index (χ2n) is 4.59. The second-order valence-corrected chi connectivity index (χ2v) is 4.59. The number of nitrogens with two attached hydrogens (primary N) is 1. The van der Waals surface area contributed by atoms with Crippen molar-refractivity contribution in [3.05, 3.63) is 24.0 Å². The molecule has 0 radical (unpaired) electrons. The number of amides is 2. The Balaban J connectivity index is 1.94. The number of halogens is 1. The molecule has 2 amide bonds. The quantitative estimate of drug-likeness (QED) is 0.877. The molecule has 0 aromatic heterocycles. The number of carbonyl (C=O) groups is 1. The first-order chi connectivity index (χ1) is 9.10. The van der Waals surface area contributed by atoms with Crippen LogP contribution in [0.2, 0.25) is 0 Å². The van der Waals surface area contributed by atoms with Crippen LogP contribution in [0.15, 0.2) is 18.2 Å². The van der Waals surface area contributed by atoms with Gasteiger partial charge in [0.1, 0.15) is 0 Å². The van der Waals surface area contributed by atoms with Crippen LogP contribution >= 0.6 is 0 Å². The molecule has 1 saturated heterocycles. The van der Waals surface area contributed by atoms with Crippen molar-refractivity contribution in [1.82, 2.24) is 4.90 Å². The summed E-state index contributed by atoms with van der Waals surface area (Å²) < 4.78 is 18.2. The predicted molar refractivity (Wildman–Crippen MR) is 70.8 cm³/mol. The topological polar surface area (TPSA) is 67.6 Å². The van der Waals surface area contributed by atoms with Crippen LogP contribution in [-0.4, -0.2) is 37.2 Å². The number of piperidine rings is 1. The number of hydrogen-bond donors (Lipinski definition) is 2. The van der Waals surface area contributed by atoms with Crippen LogP contribution in [0.3, 0.4) is 0 Å². The normalized spacial score (nSPS) is 16.2. The van der Waals surface area contributed by atoms with Crippen molar-refractivity contribution in [2.75, 3.05) is 25.5 Å². The molecule has 1 aromatic carbocycles. The lowest BCUT2D eigenvalue weighted by atomic mass is 10.0. The fourth-order valence-corrected chi connectivity index (χ4v) is 2.23. The molecule has 1 heterocycles. The molecule has 0 saturated carbocycles. The lowest BCUT2D eigenvalue weighted by Crippen LogP contribution is -2.44. The SMILES string of the molecule is COc1cc(NC2CCN(C(N)=O)CC2)ccc1F. The molecular weight excluding hydrogens is 249 g/mol. The molecule has 2 rings (SSSR count). The standard InChI is InChI=1S/C13H18FN3O2/c1-19-12-8-10(2-3-11(12)14)16-9-4-6-17(7-5-9)13(15)18/h2-3,8-9,16H,4-7H2,1H3,(H2,15,18). The Labute approximate surface area is 111 Å². The van der Waals surface area contributed by atoms with E-state index in [2.05, 4.69) is 5.32 Å². The van der Waals surface area contributed by atoms with E-state index < -0.39 is 0 Å². The molecule has 1 aromatic rings. The van der Waals surface area contributed by atoms with E-state index in [9.17, 15) is 9.18 Å². The van der Waals surface area contributed by atoms with Gasteiger partial charge in [-0.05, 0) is 25.0 Å².